The smallest absolute Gasteiger partial charge is 0.218 e. The number of nitrogens with one attached hydrogen (secondary N) is 1. The molecular formula is C13H21N3O. The van der Waals surface area contributed by atoms with Gasteiger partial charge >= 0.3 is 0 Å². The van der Waals surface area contributed by atoms with Gasteiger partial charge in [0.1, 0.15) is 11.6 Å². The van der Waals surface area contributed by atoms with Gasteiger partial charge in [0.05, 0.1) is 7.11 Å². The van der Waals surface area contributed by atoms with Gasteiger partial charge in [-0.2, -0.15) is 4.98 Å². The van der Waals surface area contributed by atoms with Crippen LogP contribution in [0.5, 0.6) is 5.88 Å². The Labute approximate surface area is 103 Å². The summed E-state index contributed by atoms with van der Waals surface area (Å²) < 4.78 is 5.24. The third kappa shape index (κ3) is 3.08. The van der Waals surface area contributed by atoms with Gasteiger partial charge in [0.25, 0.3) is 0 Å². The van der Waals surface area contributed by atoms with Gasteiger partial charge in [-0.25, -0.2) is 4.98 Å². The van der Waals surface area contributed by atoms with Crippen LogP contribution in [0.15, 0.2) is 6.07 Å². The first-order valence-electron chi connectivity index (χ1n) is 6.50. The van der Waals surface area contributed by atoms with E-state index in [4.69, 9.17) is 4.74 Å². The molecule has 0 atom stereocenters. The van der Waals surface area contributed by atoms with E-state index in [1.165, 1.54) is 32.1 Å². The molecule has 0 spiro atoms. The Balaban J connectivity index is 2.21. The zero-order chi connectivity index (χ0) is 12.1. The second-order valence-corrected chi connectivity index (χ2v) is 4.52. The Morgan fingerprint density at radius 3 is 2.71 bits per heavy atom. The zero-order valence-corrected chi connectivity index (χ0v) is 10.7. The molecule has 1 saturated carbocycles. The third-order valence-corrected chi connectivity index (χ3v) is 3.26. The number of hydrogen-bond donors (Lipinski definition) is 1. The minimum absolute atomic E-state index is 0.510. The van der Waals surface area contributed by atoms with Gasteiger partial charge in [0.2, 0.25) is 5.88 Å². The van der Waals surface area contributed by atoms with Crippen molar-refractivity contribution in [3.05, 3.63) is 11.9 Å². The van der Waals surface area contributed by atoms with Crippen molar-refractivity contribution in [3.8, 4) is 5.88 Å². The summed E-state index contributed by atoms with van der Waals surface area (Å²) in [5.74, 6) is 2.99. The molecule has 17 heavy (non-hydrogen) atoms. The number of aromatic nitrogens is 2. The Bertz CT molecular complexity index is 362. The molecule has 4 nitrogen and oxygen atoms in total. The molecule has 1 fully saturated rings. The lowest BCUT2D eigenvalue weighted by molar-refractivity contribution is 0.383. The number of rotatable bonds is 4. The average molecular weight is 235 g/mol. The van der Waals surface area contributed by atoms with E-state index in [1.54, 1.807) is 7.11 Å². The molecule has 1 aromatic heterocycles. The second-order valence-electron chi connectivity index (χ2n) is 4.52. The van der Waals surface area contributed by atoms with Crippen LogP contribution in [0.1, 0.15) is 50.8 Å². The molecule has 0 unspecified atom stereocenters. The molecule has 0 aliphatic heterocycles. The fourth-order valence-electron chi connectivity index (χ4n) is 2.36. The molecular weight excluding hydrogens is 214 g/mol. The lowest BCUT2D eigenvalue weighted by atomic mass is 9.89. The van der Waals surface area contributed by atoms with E-state index >= 15 is 0 Å². The molecule has 1 aliphatic carbocycles. The first-order chi connectivity index (χ1) is 8.33. The fourth-order valence-corrected chi connectivity index (χ4v) is 2.36. The highest BCUT2D eigenvalue weighted by molar-refractivity contribution is 5.38. The van der Waals surface area contributed by atoms with Crippen LogP contribution >= 0.6 is 0 Å². The molecule has 94 valence electrons. The minimum atomic E-state index is 0.510. The molecule has 0 saturated heterocycles. The van der Waals surface area contributed by atoms with Crippen LogP contribution < -0.4 is 10.1 Å². The summed E-state index contributed by atoms with van der Waals surface area (Å²) in [6, 6.07) is 1.86. The van der Waals surface area contributed by atoms with Gasteiger partial charge in [-0.05, 0) is 19.8 Å². The van der Waals surface area contributed by atoms with Crippen LogP contribution in [-0.2, 0) is 0 Å². The standard InChI is InChI=1S/C13H21N3O/c1-3-14-11-9-12(17-2)16-13(15-11)10-7-5-4-6-8-10/h9-10H,3-8H2,1-2H3,(H,14,15,16). The summed E-state index contributed by atoms with van der Waals surface area (Å²) in [7, 11) is 1.66. The first-order valence-corrected chi connectivity index (χ1v) is 6.50. The van der Waals surface area contributed by atoms with Crippen molar-refractivity contribution >= 4 is 5.82 Å². The van der Waals surface area contributed by atoms with Crippen molar-refractivity contribution in [1.29, 1.82) is 0 Å². The topological polar surface area (TPSA) is 47.0 Å². The maximum atomic E-state index is 5.24. The maximum Gasteiger partial charge on any atom is 0.218 e. The van der Waals surface area contributed by atoms with Crippen LogP contribution in [0.3, 0.4) is 0 Å². The second kappa shape index (κ2) is 5.84. The van der Waals surface area contributed by atoms with E-state index in [1.807, 2.05) is 6.07 Å². The van der Waals surface area contributed by atoms with Crippen molar-refractivity contribution < 1.29 is 4.74 Å². The van der Waals surface area contributed by atoms with Gasteiger partial charge in [-0.3, -0.25) is 0 Å². The molecule has 0 bridgehead atoms. The molecule has 1 N–H and O–H groups in total. The number of methoxy groups -OCH3 is 1. The van der Waals surface area contributed by atoms with Gasteiger partial charge in [0.15, 0.2) is 0 Å². The van der Waals surface area contributed by atoms with Gasteiger partial charge in [-0.1, -0.05) is 19.3 Å². The highest BCUT2D eigenvalue weighted by Crippen LogP contribution is 2.32. The summed E-state index contributed by atoms with van der Waals surface area (Å²) in [5, 5.41) is 3.23. The predicted octanol–water partition coefficient (Wildman–Crippen LogP) is 2.96. The average Bonchev–Trinajstić information content (AvgIpc) is 2.40. The number of ether oxygens (including phenoxy) is 1. The van der Waals surface area contributed by atoms with E-state index < -0.39 is 0 Å². The van der Waals surface area contributed by atoms with E-state index in [9.17, 15) is 0 Å². The van der Waals surface area contributed by atoms with E-state index in [2.05, 4.69) is 22.2 Å². The van der Waals surface area contributed by atoms with Gasteiger partial charge in [-0.15, -0.1) is 0 Å². The van der Waals surface area contributed by atoms with E-state index in [0.717, 1.165) is 18.2 Å². The fraction of sp³-hybridized carbons (Fsp3) is 0.692. The zero-order valence-electron chi connectivity index (χ0n) is 10.7. The Kier molecular flexibility index (Phi) is 4.18. The molecule has 4 heteroatoms. The normalized spacial score (nSPS) is 16.8. The van der Waals surface area contributed by atoms with Crippen molar-refractivity contribution in [2.75, 3.05) is 19.0 Å². The number of hydrogen-bond acceptors (Lipinski definition) is 4. The molecule has 1 heterocycles. The Hall–Kier alpha value is -1.32. The highest BCUT2D eigenvalue weighted by atomic mass is 16.5. The largest absolute Gasteiger partial charge is 0.481 e. The maximum absolute atomic E-state index is 5.24. The summed E-state index contributed by atoms with van der Waals surface area (Å²) in [6.07, 6.45) is 6.35. The summed E-state index contributed by atoms with van der Waals surface area (Å²) >= 11 is 0. The molecule has 2 rings (SSSR count). The first kappa shape index (κ1) is 12.1. The van der Waals surface area contributed by atoms with Crippen LogP contribution in [0.25, 0.3) is 0 Å². The predicted molar refractivity (Wildman–Crippen MR) is 68.6 cm³/mol. The monoisotopic (exact) mass is 235 g/mol. The van der Waals surface area contributed by atoms with Gasteiger partial charge < -0.3 is 10.1 Å². The molecule has 0 radical (unpaired) electrons. The highest BCUT2D eigenvalue weighted by Gasteiger charge is 2.19. The van der Waals surface area contributed by atoms with Crippen LogP contribution in [-0.4, -0.2) is 23.6 Å². The Morgan fingerprint density at radius 2 is 2.06 bits per heavy atom. The van der Waals surface area contributed by atoms with Crippen molar-refractivity contribution in [1.82, 2.24) is 9.97 Å². The van der Waals surface area contributed by atoms with E-state index in [-0.39, 0.29) is 0 Å². The molecule has 0 amide bonds. The Morgan fingerprint density at radius 1 is 1.29 bits per heavy atom. The van der Waals surface area contributed by atoms with Crippen LogP contribution in [0.4, 0.5) is 5.82 Å². The van der Waals surface area contributed by atoms with Crippen molar-refractivity contribution in [2.24, 2.45) is 0 Å². The summed E-state index contributed by atoms with van der Waals surface area (Å²) in [5.41, 5.74) is 0. The summed E-state index contributed by atoms with van der Waals surface area (Å²) in [4.78, 5) is 9.08. The van der Waals surface area contributed by atoms with Crippen LogP contribution in [0, 0.1) is 0 Å². The number of nitrogens with zero attached hydrogens (tertiary/aromatic N) is 2. The SMILES string of the molecule is CCNc1cc(OC)nc(C2CCCCC2)n1. The van der Waals surface area contributed by atoms with Crippen LogP contribution in [0.2, 0.25) is 0 Å². The minimum Gasteiger partial charge on any atom is -0.481 e. The number of anilines is 1. The van der Waals surface area contributed by atoms with Crippen molar-refractivity contribution in [3.63, 3.8) is 0 Å². The molecule has 1 aromatic rings. The molecule has 0 aromatic carbocycles. The lowest BCUT2D eigenvalue weighted by Crippen LogP contribution is -2.11. The third-order valence-electron chi connectivity index (χ3n) is 3.26. The quantitative estimate of drug-likeness (QED) is 0.871. The van der Waals surface area contributed by atoms with Crippen molar-refractivity contribution in [2.45, 2.75) is 44.9 Å². The lowest BCUT2D eigenvalue weighted by Gasteiger charge is -2.21. The molecule has 1 aliphatic rings. The van der Waals surface area contributed by atoms with E-state index in [0.29, 0.717) is 11.8 Å². The summed E-state index contributed by atoms with van der Waals surface area (Å²) in [6.45, 7) is 2.93. The van der Waals surface area contributed by atoms with Gasteiger partial charge in [0, 0.05) is 18.5 Å².